The average molecular weight is 487 g/mol. The molecule has 1 aliphatic heterocycles. The topological polar surface area (TPSA) is 62.7 Å². The molecule has 0 bridgehead atoms. The molecule has 5 nitrogen and oxygen atoms in total. The van der Waals surface area contributed by atoms with E-state index in [1.54, 1.807) is 7.11 Å². The van der Waals surface area contributed by atoms with Crippen LogP contribution in [0.2, 0.25) is 0 Å². The number of aliphatic carboxylic acids is 1. The van der Waals surface area contributed by atoms with Gasteiger partial charge in [-0.25, -0.2) is 0 Å². The minimum absolute atomic E-state index is 0.288. The number of aryl methyl sites for hydroxylation is 1. The molecule has 0 aliphatic carbocycles. The number of carbonyl (C=O) groups is 1. The molecule has 188 valence electrons. The number of nitrogens with zero attached hydrogens (tertiary/aromatic N) is 2. The minimum atomic E-state index is -0.666. The van der Waals surface area contributed by atoms with Crippen molar-refractivity contribution in [2.24, 2.45) is 11.8 Å². The summed E-state index contributed by atoms with van der Waals surface area (Å²) in [5.74, 6) is 3.83. The maximum atomic E-state index is 11.3. The number of fused-ring (bicyclic) bond motifs is 1. The van der Waals surface area contributed by atoms with Crippen LogP contribution in [0.1, 0.15) is 63.9 Å². The molecule has 2 atom stereocenters. The zero-order valence-electron chi connectivity index (χ0n) is 21.0. The summed E-state index contributed by atoms with van der Waals surface area (Å²) in [5.41, 5.74) is 2.34. The summed E-state index contributed by atoms with van der Waals surface area (Å²) >= 11 is 2.08. The van der Waals surface area contributed by atoms with Gasteiger partial charge in [-0.15, -0.1) is 0 Å². The number of likely N-dealkylation sites (tertiary alicyclic amines) is 1. The maximum Gasteiger partial charge on any atom is 0.303 e. The third-order valence-electron chi connectivity index (χ3n) is 7.17. The fraction of sp³-hybridized carbons (Fsp3) is 0.643. The largest absolute Gasteiger partial charge is 0.497 e. The first-order valence-electron chi connectivity index (χ1n) is 13.0. The van der Waals surface area contributed by atoms with Crippen molar-refractivity contribution >= 4 is 28.6 Å². The number of pyridine rings is 1. The van der Waals surface area contributed by atoms with Gasteiger partial charge in [0, 0.05) is 24.5 Å². The second-order valence-electron chi connectivity index (χ2n) is 9.61. The van der Waals surface area contributed by atoms with E-state index in [1.807, 2.05) is 18.3 Å². The first-order valence-corrected chi connectivity index (χ1v) is 14.2. The molecule has 3 rings (SSSR count). The van der Waals surface area contributed by atoms with Gasteiger partial charge in [0.2, 0.25) is 0 Å². The van der Waals surface area contributed by atoms with Crippen molar-refractivity contribution in [2.45, 2.75) is 64.7 Å². The molecule has 0 amide bonds. The molecular weight excluding hydrogens is 444 g/mol. The number of methoxy groups -OCH3 is 1. The Morgan fingerprint density at radius 2 is 2.03 bits per heavy atom. The Hall–Kier alpha value is -1.79. The Balaban J connectivity index is 1.51. The lowest BCUT2D eigenvalue weighted by Gasteiger charge is -2.39. The molecule has 1 aromatic carbocycles. The lowest BCUT2D eigenvalue weighted by atomic mass is 9.79. The zero-order chi connectivity index (χ0) is 24.2. The van der Waals surface area contributed by atoms with Crippen molar-refractivity contribution in [3.05, 3.63) is 36.0 Å². The van der Waals surface area contributed by atoms with E-state index in [9.17, 15) is 9.90 Å². The van der Waals surface area contributed by atoms with Gasteiger partial charge in [-0.3, -0.25) is 9.78 Å². The molecule has 1 fully saturated rings. The van der Waals surface area contributed by atoms with Crippen LogP contribution in [0, 0.1) is 11.8 Å². The predicted octanol–water partition coefficient (Wildman–Crippen LogP) is 6.29. The van der Waals surface area contributed by atoms with E-state index < -0.39 is 5.97 Å². The zero-order valence-corrected chi connectivity index (χ0v) is 21.8. The quantitative estimate of drug-likeness (QED) is 0.298. The Morgan fingerprint density at radius 1 is 1.18 bits per heavy atom. The second kappa shape index (κ2) is 14.6. The summed E-state index contributed by atoms with van der Waals surface area (Å²) in [4.78, 5) is 18.4. The first-order chi connectivity index (χ1) is 16.6. The Morgan fingerprint density at radius 3 is 2.82 bits per heavy atom. The van der Waals surface area contributed by atoms with Crippen LogP contribution in [-0.4, -0.2) is 59.2 Å². The van der Waals surface area contributed by atoms with Gasteiger partial charge in [-0.1, -0.05) is 13.3 Å². The third kappa shape index (κ3) is 8.46. The molecule has 1 aromatic heterocycles. The lowest BCUT2D eigenvalue weighted by Crippen LogP contribution is -2.41. The molecule has 2 unspecified atom stereocenters. The molecular formula is C28H42N2O3S. The van der Waals surface area contributed by atoms with Gasteiger partial charge < -0.3 is 14.7 Å². The molecule has 0 saturated carbocycles. The molecule has 0 spiro atoms. The number of rotatable bonds is 15. The highest BCUT2D eigenvalue weighted by Gasteiger charge is 2.29. The summed E-state index contributed by atoms with van der Waals surface area (Å²) in [6, 6.07) is 8.21. The molecule has 0 radical (unpaired) electrons. The van der Waals surface area contributed by atoms with Crippen molar-refractivity contribution in [1.29, 1.82) is 0 Å². The van der Waals surface area contributed by atoms with E-state index in [1.165, 1.54) is 54.6 Å². The van der Waals surface area contributed by atoms with Gasteiger partial charge in [0.05, 0.1) is 12.6 Å². The van der Waals surface area contributed by atoms with Crippen molar-refractivity contribution in [2.75, 3.05) is 38.2 Å². The number of unbranched alkanes of at least 4 members (excludes halogenated alkanes) is 1. The van der Waals surface area contributed by atoms with Crippen molar-refractivity contribution in [1.82, 2.24) is 9.88 Å². The Kier molecular flexibility index (Phi) is 11.5. The normalized spacial score (nSPS) is 18.9. The van der Waals surface area contributed by atoms with E-state index >= 15 is 0 Å². The number of piperidine rings is 1. The fourth-order valence-corrected chi connectivity index (χ4v) is 6.23. The van der Waals surface area contributed by atoms with E-state index in [0.717, 1.165) is 50.2 Å². The average Bonchev–Trinajstić information content (AvgIpc) is 2.85. The van der Waals surface area contributed by atoms with Crippen molar-refractivity contribution in [3.8, 4) is 5.75 Å². The van der Waals surface area contributed by atoms with Crippen molar-refractivity contribution in [3.63, 3.8) is 0 Å². The number of aromatic nitrogens is 1. The summed E-state index contributed by atoms with van der Waals surface area (Å²) in [6.07, 6.45) is 11.3. The first kappa shape index (κ1) is 26.8. The monoisotopic (exact) mass is 486 g/mol. The van der Waals surface area contributed by atoms with E-state index in [-0.39, 0.29) is 6.42 Å². The van der Waals surface area contributed by atoms with Gasteiger partial charge in [0.1, 0.15) is 5.75 Å². The highest BCUT2D eigenvalue weighted by Crippen LogP contribution is 2.32. The summed E-state index contributed by atoms with van der Waals surface area (Å²) in [6.45, 7) is 5.62. The highest BCUT2D eigenvalue weighted by molar-refractivity contribution is 7.99. The predicted molar refractivity (Wildman–Crippen MR) is 143 cm³/mol. The van der Waals surface area contributed by atoms with Gasteiger partial charge >= 0.3 is 5.97 Å². The van der Waals surface area contributed by atoms with Gasteiger partial charge in [-0.2, -0.15) is 11.8 Å². The van der Waals surface area contributed by atoms with Crippen LogP contribution in [0.4, 0.5) is 0 Å². The van der Waals surface area contributed by atoms with E-state index in [4.69, 9.17) is 4.74 Å². The van der Waals surface area contributed by atoms with Gasteiger partial charge in [0.15, 0.2) is 0 Å². The smallest absolute Gasteiger partial charge is 0.303 e. The SMILES string of the molecule is CCCCSCCCN1CCC(CCCc2ccnc3ccc(OC)cc23)C(CCC(=O)O)C1. The number of hydrogen-bond donors (Lipinski definition) is 1. The standard InChI is InChI=1S/C28H42N2O3S/c1-3-4-18-34-19-6-16-30-17-14-22(24(21-30)9-12-28(31)32)7-5-8-23-13-15-29-27-11-10-25(33-2)20-26(23)27/h10-11,13,15,20,22,24H,3-9,12,14,16-19,21H2,1-2H3,(H,31,32). The second-order valence-corrected chi connectivity index (χ2v) is 10.8. The minimum Gasteiger partial charge on any atom is -0.497 e. The van der Waals surface area contributed by atoms with Crippen molar-refractivity contribution < 1.29 is 14.6 Å². The molecule has 1 aliphatic rings. The van der Waals surface area contributed by atoms with Crippen LogP contribution in [0.15, 0.2) is 30.5 Å². The van der Waals surface area contributed by atoms with Gasteiger partial charge in [-0.05, 0) is 111 Å². The highest BCUT2D eigenvalue weighted by atomic mass is 32.2. The van der Waals surface area contributed by atoms with E-state index in [2.05, 4.69) is 40.7 Å². The molecule has 2 heterocycles. The van der Waals surface area contributed by atoms with Crippen LogP contribution < -0.4 is 4.74 Å². The lowest BCUT2D eigenvalue weighted by molar-refractivity contribution is -0.137. The van der Waals surface area contributed by atoms with Crippen LogP contribution in [-0.2, 0) is 11.2 Å². The molecule has 6 heteroatoms. The number of hydrogen-bond acceptors (Lipinski definition) is 5. The maximum absolute atomic E-state index is 11.3. The van der Waals surface area contributed by atoms with Crippen LogP contribution in [0.25, 0.3) is 10.9 Å². The number of benzene rings is 1. The summed E-state index contributed by atoms with van der Waals surface area (Å²) in [5, 5.41) is 10.5. The Labute approximate surface area is 209 Å². The van der Waals surface area contributed by atoms with E-state index in [0.29, 0.717) is 11.8 Å². The fourth-order valence-electron chi connectivity index (χ4n) is 5.20. The Bertz CT molecular complexity index is 891. The van der Waals surface area contributed by atoms with Crippen LogP contribution in [0.5, 0.6) is 5.75 Å². The van der Waals surface area contributed by atoms with Crippen LogP contribution >= 0.6 is 11.8 Å². The van der Waals surface area contributed by atoms with Gasteiger partial charge in [0.25, 0.3) is 0 Å². The number of thioether (sulfide) groups is 1. The number of carboxylic acid groups (broad SMARTS) is 1. The number of carboxylic acids is 1. The van der Waals surface area contributed by atoms with Crippen LogP contribution in [0.3, 0.4) is 0 Å². The molecule has 34 heavy (non-hydrogen) atoms. The summed E-state index contributed by atoms with van der Waals surface area (Å²) < 4.78 is 5.42. The summed E-state index contributed by atoms with van der Waals surface area (Å²) in [7, 11) is 1.70. The third-order valence-corrected chi connectivity index (χ3v) is 8.32. The molecule has 1 saturated heterocycles. The molecule has 2 aromatic rings. The number of ether oxygens (including phenoxy) is 1. The molecule has 1 N–H and O–H groups in total.